The van der Waals surface area contributed by atoms with Crippen molar-refractivity contribution in [3.8, 4) is 11.4 Å². The van der Waals surface area contributed by atoms with Gasteiger partial charge in [-0.1, -0.05) is 36.6 Å². The van der Waals surface area contributed by atoms with E-state index >= 15 is 0 Å². The number of aryl methyl sites for hydroxylation is 3. The van der Waals surface area contributed by atoms with Crippen LogP contribution in [0.4, 0.5) is 0 Å². The normalized spacial score (nSPS) is 13.7. The molecule has 1 aliphatic carbocycles. The van der Waals surface area contributed by atoms with Crippen LogP contribution in [-0.4, -0.2) is 26.6 Å². The predicted octanol–water partition coefficient (Wildman–Crippen LogP) is 4.49. The van der Waals surface area contributed by atoms with Gasteiger partial charge in [0, 0.05) is 23.4 Å². The van der Waals surface area contributed by atoms with Gasteiger partial charge in [0.05, 0.1) is 4.88 Å². The summed E-state index contributed by atoms with van der Waals surface area (Å²) in [6, 6.07) is 9.93. The van der Waals surface area contributed by atoms with Gasteiger partial charge in [-0.25, -0.2) is 0 Å². The lowest BCUT2D eigenvalue weighted by Crippen LogP contribution is -2.41. The molecule has 0 radical (unpaired) electrons. The first kappa shape index (κ1) is 22.4. The number of thiophene rings is 1. The smallest absolute Gasteiger partial charge is 0.279 e. The number of nitrogens with one attached hydrogen (secondary N) is 3. The van der Waals surface area contributed by atoms with Crippen molar-refractivity contribution in [3.63, 3.8) is 0 Å². The van der Waals surface area contributed by atoms with Gasteiger partial charge in [0.2, 0.25) is 5.91 Å². The molecule has 3 N–H and O–H groups in total. The molecule has 1 aliphatic rings. The van der Waals surface area contributed by atoms with Gasteiger partial charge in [-0.15, -0.1) is 11.3 Å². The molecule has 168 valence electrons. The SMILES string of the molecule is Cc1cccc(-c2n[nH]c(=S)n2CCC(=O)NNC(=O)c2cc3c(s2)CCCCCC3)c1. The number of aromatic nitrogens is 3. The second kappa shape index (κ2) is 10.2. The standard InChI is InChI=1S/C23H27N5O2S2/c1-15-7-6-9-17(13-15)21-25-27-23(31)28(21)12-11-20(29)24-26-22(30)19-14-16-8-4-2-3-5-10-18(16)32-19/h6-7,9,13-14H,2-5,8,10-12H2,1H3,(H,24,29)(H,26,30)(H,27,31). The van der Waals surface area contributed by atoms with Crippen molar-refractivity contribution in [2.75, 3.05) is 0 Å². The van der Waals surface area contributed by atoms with Gasteiger partial charge < -0.3 is 0 Å². The molecule has 32 heavy (non-hydrogen) atoms. The fourth-order valence-corrected chi connectivity index (χ4v) is 5.32. The molecule has 2 heterocycles. The molecule has 0 spiro atoms. The molecule has 1 aromatic carbocycles. The molecule has 0 fully saturated rings. The summed E-state index contributed by atoms with van der Waals surface area (Å²) in [4.78, 5) is 26.9. The maximum Gasteiger partial charge on any atom is 0.279 e. The predicted molar refractivity (Wildman–Crippen MR) is 128 cm³/mol. The van der Waals surface area contributed by atoms with Crippen LogP contribution < -0.4 is 10.9 Å². The molecular formula is C23H27N5O2S2. The molecule has 0 unspecified atom stereocenters. The Morgan fingerprint density at radius 3 is 2.78 bits per heavy atom. The van der Waals surface area contributed by atoms with Crippen LogP contribution in [0.1, 0.15) is 57.8 Å². The van der Waals surface area contributed by atoms with Crippen molar-refractivity contribution < 1.29 is 9.59 Å². The molecule has 2 amide bonds. The quantitative estimate of drug-likeness (QED) is 0.379. The molecule has 7 nitrogen and oxygen atoms in total. The van der Waals surface area contributed by atoms with Gasteiger partial charge in [0.1, 0.15) is 0 Å². The zero-order valence-electron chi connectivity index (χ0n) is 18.1. The number of benzene rings is 1. The van der Waals surface area contributed by atoms with E-state index < -0.39 is 0 Å². The largest absolute Gasteiger partial charge is 0.300 e. The number of hydrogen-bond donors (Lipinski definition) is 3. The molecule has 0 atom stereocenters. The third kappa shape index (κ3) is 5.34. The van der Waals surface area contributed by atoms with Crippen molar-refractivity contribution in [1.82, 2.24) is 25.6 Å². The third-order valence-corrected chi connectivity index (χ3v) is 7.18. The number of hydrogen-bond acceptors (Lipinski definition) is 5. The Morgan fingerprint density at radius 2 is 1.97 bits per heavy atom. The lowest BCUT2D eigenvalue weighted by Gasteiger charge is -2.09. The summed E-state index contributed by atoms with van der Waals surface area (Å²) in [5.74, 6) is 0.133. The highest BCUT2D eigenvalue weighted by Gasteiger charge is 2.17. The van der Waals surface area contributed by atoms with Crippen LogP contribution in [0.3, 0.4) is 0 Å². The van der Waals surface area contributed by atoms with Crippen LogP contribution in [0.15, 0.2) is 30.3 Å². The fourth-order valence-electron chi connectivity index (χ4n) is 3.95. The Hall–Kier alpha value is -2.78. The lowest BCUT2D eigenvalue weighted by atomic mass is 10.00. The van der Waals surface area contributed by atoms with Crippen molar-refractivity contribution >= 4 is 35.4 Å². The molecule has 3 aromatic rings. The number of H-pyrrole nitrogens is 1. The first-order valence-electron chi connectivity index (χ1n) is 10.9. The minimum atomic E-state index is -0.286. The summed E-state index contributed by atoms with van der Waals surface area (Å²) in [7, 11) is 0. The first-order valence-corrected chi connectivity index (χ1v) is 12.2. The number of hydrazine groups is 1. The second-order valence-electron chi connectivity index (χ2n) is 8.10. The summed E-state index contributed by atoms with van der Waals surface area (Å²) in [6.45, 7) is 2.37. The van der Waals surface area contributed by atoms with Crippen LogP contribution in [0, 0.1) is 11.7 Å². The van der Waals surface area contributed by atoms with E-state index in [9.17, 15) is 9.59 Å². The van der Waals surface area contributed by atoms with Crippen molar-refractivity contribution in [2.45, 2.75) is 58.4 Å². The van der Waals surface area contributed by atoms with Crippen molar-refractivity contribution in [1.29, 1.82) is 0 Å². The minimum Gasteiger partial charge on any atom is -0.300 e. The number of amides is 2. The Kier molecular flexibility index (Phi) is 7.16. The van der Waals surface area contributed by atoms with E-state index in [0.29, 0.717) is 22.0 Å². The van der Waals surface area contributed by atoms with E-state index in [-0.39, 0.29) is 18.2 Å². The number of rotatable bonds is 5. The lowest BCUT2D eigenvalue weighted by molar-refractivity contribution is -0.122. The monoisotopic (exact) mass is 469 g/mol. The molecule has 0 saturated carbocycles. The van der Waals surface area contributed by atoms with Crippen LogP contribution in [0.25, 0.3) is 11.4 Å². The number of nitrogens with zero attached hydrogens (tertiary/aromatic N) is 2. The Bertz CT molecular complexity index is 1150. The van der Waals surface area contributed by atoms with E-state index in [0.717, 1.165) is 24.0 Å². The summed E-state index contributed by atoms with van der Waals surface area (Å²) in [6.07, 6.45) is 7.07. The first-order chi connectivity index (χ1) is 15.5. The van der Waals surface area contributed by atoms with Gasteiger partial charge in [-0.2, -0.15) is 5.10 Å². The molecule has 9 heteroatoms. The maximum atomic E-state index is 12.5. The topological polar surface area (TPSA) is 91.8 Å². The zero-order chi connectivity index (χ0) is 22.5. The number of fused-ring (bicyclic) bond motifs is 1. The molecule has 0 aliphatic heterocycles. The average molecular weight is 470 g/mol. The average Bonchev–Trinajstić information content (AvgIpc) is 3.33. The molecule has 0 bridgehead atoms. The number of carbonyl (C=O) groups is 2. The minimum absolute atomic E-state index is 0.161. The summed E-state index contributed by atoms with van der Waals surface area (Å²) in [5, 5.41) is 7.11. The van der Waals surface area contributed by atoms with Crippen LogP contribution in [0.2, 0.25) is 0 Å². The van der Waals surface area contributed by atoms with Crippen LogP contribution in [-0.2, 0) is 24.2 Å². The van der Waals surface area contributed by atoms with E-state index in [4.69, 9.17) is 12.2 Å². The summed E-state index contributed by atoms with van der Waals surface area (Å²) >= 11 is 6.87. The highest BCUT2D eigenvalue weighted by molar-refractivity contribution is 7.71. The van der Waals surface area contributed by atoms with E-state index in [2.05, 4.69) is 21.0 Å². The molecule has 0 saturated heterocycles. The zero-order valence-corrected chi connectivity index (χ0v) is 19.7. The molecular weight excluding hydrogens is 442 g/mol. The Labute approximate surface area is 196 Å². The van der Waals surface area contributed by atoms with Gasteiger partial charge in [-0.3, -0.25) is 30.1 Å². The van der Waals surface area contributed by atoms with Gasteiger partial charge in [-0.05, 0) is 62.5 Å². The molecule has 2 aromatic heterocycles. The van der Waals surface area contributed by atoms with Crippen LogP contribution >= 0.6 is 23.6 Å². The Morgan fingerprint density at radius 1 is 1.16 bits per heavy atom. The Balaban J connectivity index is 1.33. The van der Waals surface area contributed by atoms with Gasteiger partial charge in [0.15, 0.2) is 10.6 Å². The fraction of sp³-hybridized carbons (Fsp3) is 0.391. The van der Waals surface area contributed by atoms with E-state index in [1.165, 1.54) is 47.5 Å². The van der Waals surface area contributed by atoms with Gasteiger partial charge in [0.25, 0.3) is 5.91 Å². The van der Waals surface area contributed by atoms with Gasteiger partial charge >= 0.3 is 0 Å². The highest BCUT2D eigenvalue weighted by atomic mass is 32.1. The highest BCUT2D eigenvalue weighted by Crippen LogP contribution is 2.28. The number of aromatic amines is 1. The number of carbonyl (C=O) groups excluding carboxylic acids is 2. The van der Waals surface area contributed by atoms with Crippen molar-refractivity contribution in [2.24, 2.45) is 0 Å². The molecule has 4 rings (SSSR count). The maximum absolute atomic E-state index is 12.5. The van der Waals surface area contributed by atoms with Crippen LogP contribution in [0.5, 0.6) is 0 Å². The second-order valence-corrected chi connectivity index (χ2v) is 9.62. The van der Waals surface area contributed by atoms with E-state index in [1.807, 2.05) is 37.3 Å². The summed E-state index contributed by atoms with van der Waals surface area (Å²) < 4.78 is 2.25. The summed E-state index contributed by atoms with van der Waals surface area (Å²) in [5.41, 5.74) is 8.40. The van der Waals surface area contributed by atoms with E-state index in [1.54, 1.807) is 4.57 Å². The van der Waals surface area contributed by atoms with Crippen molar-refractivity contribution in [3.05, 3.63) is 56.0 Å². The third-order valence-electron chi connectivity index (χ3n) is 5.63.